The third-order valence-electron chi connectivity index (χ3n) is 10.7. The number of thiophene rings is 2. The Balaban J connectivity index is 0.999. The molecular weight excluding hydrogens is 723 g/mol. The van der Waals surface area contributed by atoms with E-state index in [4.69, 9.17) is 9.72 Å². The van der Waals surface area contributed by atoms with Crippen LogP contribution in [-0.4, -0.2) is 11.7 Å². The van der Waals surface area contributed by atoms with Crippen LogP contribution >= 0.6 is 22.7 Å². The highest BCUT2D eigenvalue weighted by Gasteiger charge is 2.23. The molecule has 9 aromatic rings. The second-order valence-corrected chi connectivity index (χ2v) is 17.3. The normalized spacial score (nSPS) is 13.1. The number of anilines is 2. The summed E-state index contributed by atoms with van der Waals surface area (Å²) in [6, 6.07) is 52.0. The van der Waals surface area contributed by atoms with Gasteiger partial charge in [0.2, 0.25) is 0 Å². The van der Waals surface area contributed by atoms with Crippen LogP contribution in [0.4, 0.5) is 11.4 Å². The van der Waals surface area contributed by atoms with E-state index in [0.29, 0.717) is 6.67 Å². The largest absolute Gasteiger partial charge is 0.447 e. The first-order valence-corrected chi connectivity index (χ1v) is 20.6. The maximum atomic E-state index is 6.76. The molecule has 272 valence electrons. The molecule has 0 spiro atoms. The molecule has 6 aromatic carbocycles. The Morgan fingerprint density at radius 3 is 2.09 bits per heavy atom. The lowest BCUT2D eigenvalue weighted by atomic mass is 9.86. The van der Waals surface area contributed by atoms with Gasteiger partial charge in [-0.2, -0.15) is 0 Å². The molecule has 3 aromatic heterocycles. The average Bonchev–Trinajstić information content (AvgIpc) is 4.02. The molecule has 6 heteroatoms. The minimum absolute atomic E-state index is 0.0131. The zero-order chi connectivity index (χ0) is 37.8. The first-order valence-electron chi connectivity index (χ1n) is 18.9. The number of ether oxygens (including phenoxy) is 1. The Bertz CT molecular complexity index is 2860. The van der Waals surface area contributed by atoms with Crippen molar-refractivity contribution in [2.75, 3.05) is 16.5 Å². The second-order valence-electron chi connectivity index (χ2n) is 15.3. The van der Waals surface area contributed by atoms with Crippen LogP contribution in [0.3, 0.4) is 0 Å². The molecule has 10 rings (SSSR count). The summed E-state index contributed by atoms with van der Waals surface area (Å²) in [6.45, 7) is 7.43. The molecule has 0 fully saturated rings. The van der Waals surface area contributed by atoms with Crippen molar-refractivity contribution in [1.82, 2.24) is 4.98 Å². The van der Waals surface area contributed by atoms with E-state index >= 15 is 0 Å². The Labute approximate surface area is 335 Å². The summed E-state index contributed by atoms with van der Waals surface area (Å²) < 4.78 is 9.26. The molecule has 0 saturated carbocycles. The van der Waals surface area contributed by atoms with E-state index in [2.05, 4.69) is 188 Å². The van der Waals surface area contributed by atoms with E-state index in [-0.39, 0.29) is 5.41 Å². The molecule has 0 aliphatic carbocycles. The lowest BCUT2D eigenvalue weighted by Crippen LogP contribution is -2.25. The number of hydrogen-bond acceptors (Lipinski definition) is 6. The molecule has 0 atom stereocenters. The fourth-order valence-corrected chi connectivity index (χ4v) is 9.73. The molecule has 0 bridgehead atoms. The van der Waals surface area contributed by atoms with E-state index < -0.39 is 0 Å². The summed E-state index contributed by atoms with van der Waals surface area (Å²) in [6.07, 6.45) is 6.30. The van der Waals surface area contributed by atoms with Crippen LogP contribution in [0.2, 0.25) is 0 Å². The molecule has 1 aliphatic rings. The number of pyridine rings is 1. The number of aromatic nitrogens is 1. The van der Waals surface area contributed by atoms with Gasteiger partial charge in [-0.25, -0.2) is 0 Å². The summed E-state index contributed by atoms with van der Waals surface area (Å²) in [5, 5.41) is 7.96. The predicted octanol–water partition coefficient (Wildman–Crippen LogP) is 14.5. The Kier molecular flexibility index (Phi) is 8.46. The molecule has 4 nitrogen and oxygen atoms in total. The van der Waals surface area contributed by atoms with Gasteiger partial charge in [-0.05, 0) is 75.3 Å². The Morgan fingerprint density at radius 2 is 1.34 bits per heavy atom. The van der Waals surface area contributed by atoms with E-state index in [0.717, 1.165) is 33.1 Å². The zero-order valence-electron chi connectivity index (χ0n) is 31.4. The van der Waals surface area contributed by atoms with Crippen molar-refractivity contribution in [2.24, 2.45) is 0 Å². The molecule has 1 aliphatic heterocycles. The van der Waals surface area contributed by atoms with Gasteiger partial charge < -0.3 is 14.5 Å². The third kappa shape index (κ3) is 6.21. The highest BCUT2D eigenvalue weighted by Crippen LogP contribution is 2.47. The molecule has 0 N–H and O–H groups in total. The van der Waals surface area contributed by atoms with Crippen LogP contribution in [0.1, 0.15) is 26.3 Å². The van der Waals surface area contributed by atoms with Gasteiger partial charge in [-0.1, -0.05) is 123 Å². The number of hydrogen-bond donors (Lipinski definition) is 0. The molecule has 0 saturated heterocycles. The molecule has 4 heterocycles. The predicted molar refractivity (Wildman–Crippen MR) is 239 cm³/mol. The summed E-state index contributed by atoms with van der Waals surface area (Å²) in [5.41, 5.74) is 10.4. The first kappa shape index (κ1) is 34.3. The van der Waals surface area contributed by atoms with Gasteiger partial charge in [-0.15, -0.1) is 11.3 Å². The molecule has 0 unspecified atom stereocenters. The lowest BCUT2D eigenvalue weighted by Gasteiger charge is -2.26. The molecule has 56 heavy (non-hydrogen) atoms. The van der Waals surface area contributed by atoms with Crippen molar-refractivity contribution in [3.8, 4) is 44.3 Å². The van der Waals surface area contributed by atoms with Gasteiger partial charge in [0.1, 0.15) is 5.75 Å². The Hall–Kier alpha value is -6.21. The van der Waals surface area contributed by atoms with Crippen molar-refractivity contribution in [3.05, 3.63) is 175 Å². The van der Waals surface area contributed by atoms with Gasteiger partial charge >= 0.3 is 0 Å². The molecular formula is C50H39N3OS2. The quantitative estimate of drug-likeness (QED) is 0.162. The lowest BCUT2D eigenvalue weighted by molar-refractivity contribution is 0.497. The monoisotopic (exact) mass is 761 g/mol. The van der Waals surface area contributed by atoms with Crippen LogP contribution in [0.5, 0.6) is 10.8 Å². The number of fused-ring (bicyclic) bond motifs is 5. The van der Waals surface area contributed by atoms with Gasteiger partial charge in [-0.3, -0.25) is 4.98 Å². The van der Waals surface area contributed by atoms with Crippen molar-refractivity contribution in [3.63, 3.8) is 0 Å². The van der Waals surface area contributed by atoms with Crippen LogP contribution in [0.15, 0.2) is 170 Å². The van der Waals surface area contributed by atoms with E-state index in [9.17, 15) is 0 Å². The third-order valence-corrected chi connectivity index (χ3v) is 12.6. The average molecular weight is 762 g/mol. The maximum Gasteiger partial charge on any atom is 0.182 e. The van der Waals surface area contributed by atoms with Crippen molar-refractivity contribution >= 4 is 65.0 Å². The Morgan fingerprint density at radius 1 is 0.607 bits per heavy atom. The standard InChI is InChI=1S/C50H39N3OS2/c1-50(2,3)35-22-24-51-45(28-35)43-30-42-40-23-27-55-46(40)21-20-41(42)49-44(43)31-47(56-49)54-37-17-10-16-36(29-37)52-25-26-53(32-52)48-38(33-12-6-4-7-13-33)18-11-19-39(48)34-14-8-5-9-15-34/h4-31H,32H2,1-3H3. The van der Waals surface area contributed by atoms with Crippen molar-refractivity contribution in [2.45, 2.75) is 26.2 Å². The number of nitrogens with zero attached hydrogens (tertiary/aromatic N) is 3. The van der Waals surface area contributed by atoms with Gasteiger partial charge in [0.15, 0.2) is 5.06 Å². The smallest absolute Gasteiger partial charge is 0.182 e. The van der Waals surface area contributed by atoms with Gasteiger partial charge in [0.05, 0.1) is 18.1 Å². The fourth-order valence-electron chi connectivity index (χ4n) is 7.85. The number of benzene rings is 6. The van der Waals surface area contributed by atoms with Crippen LogP contribution in [0.25, 0.3) is 64.5 Å². The summed E-state index contributed by atoms with van der Waals surface area (Å²) in [7, 11) is 0. The fraction of sp³-hybridized carbons (Fsp3) is 0.100. The maximum absolute atomic E-state index is 6.76. The summed E-state index contributed by atoms with van der Waals surface area (Å²) >= 11 is 3.49. The molecule has 0 amide bonds. The topological polar surface area (TPSA) is 28.6 Å². The highest BCUT2D eigenvalue weighted by molar-refractivity contribution is 7.22. The van der Waals surface area contributed by atoms with E-state index in [1.54, 1.807) is 22.7 Å². The SMILES string of the molecule is CC(C)(C)c1ccnc(-c2cc3c4ccsc4ccc3c3sc(Oc4cccc(N5C=CN(c6c(-c7ccccc7)cccc6-c6ccccc6)C5)c4)cc23)c1. The number of rotatable bonds is 7. The summed E-state index contributed by atoms with van der Waals surface area (Å²) in [5.74, 6) is 0.800. The zero-order valence-corrected chi connectivity index (χ0v) is 33.1. The first-order chi connectivity index (χ1) is 27.4. The van der Waals surface area contributed by atoms with Crippen molar-refractivity contribution < 1.29 is 4.74 Å². The van der Waals surface area contributed by atoms with Crippen LogP contribution in [-0.2, 0) is 5.41 Å². The summed E-state index contributed by atoms with van der Waals surface area (Å²) in [4.78, 5) is 9.55. The van der Waals surface area contributed by atoms with E-state index in [1.165, 1.54) is 59.1 Å². The van der Waals surface area contributed by atoms with Gasteiger partial charge in [0, 0.05) is 78.7 Å². The van der Waals surface area contributed by atoms with Crippen molar-refractivity contribution in [1.29, 1.82) is 0 Å². The van der Waals surface area contributed by atoms with Gasteiger partial charge in [0.25, 0.3) is 0 Å². The molecule has 0 radical (unpaired) electrons. The van der Waals surface area contributed by atoms with Crippen LogP contribution in [0, 0.1) is 0 Å². The number of para-hydroxylation sites is 1. The highest BCUT2D eigenvalue weighted by atomic mass is 32.1. The minimum atomic E-state index is 0.0131. The second kappa shape index (κ2) is 13.8. The van der Waals surface area contributed by atoms with Crippen LogP contribution < -0.4 is 14.5 Å². The van der Waals surface area contributed by atoms with E-state index in [1.807, 2.05) is 12.3 Å². The minimum Gasteiger partial charge on any atom is -0.447 e.